The van der Waals surface area contributed by atoms with Gasteiger partial charge in [0.25, 0.3) is 0 Å². The van der Waals surface area contributed by atoms with Gasteiger partial charge in [-0.25, -0.2) is 4.79 Å². The lowest BCUT2D eigenvalue weighted by atomic mass is 9.95. The third-order valence-corrected chi connectivity index (χ3v) is 11.6. The average molecular weight is 561 g/mol. The molecule has 8 heteroatoms. The fraction of sp³-hybridized carbons (Fsp3) is 0.750. The molecule has 1 aromatic rings. The van der Waals surface area contributed by atoms with Crippen LogP contribution < -0.4 is 0 Å². The second-order valence-electron chi connectivity index (χ2n) is 9.38. The quantitative estimate of drug-likeness (QED) is 0.0583. The molecule has 0 saturated carbocycles. The summed E-state index contributed by atoms with van der Waals surface area (Å²) in [7, 11) is 0. The minimum absolute atomic E-state index is 0.163. The van der Waals surface area contributed by atoms with Crippen LogP contribution in [0.15, 0.2) is 30.3 Å². The molecule has 5 nitrogen and oxygen atoms in total. The summed E-state index contributed by atoms with van der Waals surface area (Å²) < 4.78 is 18.7. The lowest BCUT2D eigenvalue weighted by Gasteiger charge is -2.20. The smallest absolute Gasteiger partial charge is 0.313 e. The van der Waals surface area contributed by atoms with E-state index in [4.69, 9.17) is 9.78 Å². The van der Waals surface area contributed by atoms with E-state index in [-0.39, 0.29) is 12.5 Å². The maximum atomic E-state index is 13.2. The molecule has 0 saturated heterocycles. The highest BCUT2D eigenvalue weighted by atomic mass is 32.7. The molecule has 36 heavy (non-hydrogen) atoms. The average Bonchev–Trinajstić information content (AvgIpc) is 2.91. The zero-order valence-corrected chi connectivity index (χ0v) is 25.1. The van der Waals surface area contributed by atoms with Gasteiger partial charge in [0.05, 0.1) is 6.61 Å². The highest BCUT2D eigenvalue weighted by Crippen LogP contribution is 2.62. The van der Waals surface area contributed by atoms with Gasteiger partial charge >= 0.3 is 12.3 Å². The SMILES string of the molecule is CCCCCCCCCCCCSCCCOP(=O)(SCC(CCCC)c1ccccc1)C(=O)OO. The Morgan fingerprint density at radius 1 is 0.861 bits per heavy atom. The summed E-state index contributed by atoms with van der Waals surface area (Å²) in [4.78, 5) is 15.9. The molecule has 0 aliphatic carbocycles. The summed E-state index contributed by atoms with van der Waals surface area (Å²) in [5.41, 5.74) is -0.0152. The van der Waals surface area contributed by atoms with Crippen molar-refractivity contribution in [3.05, 3.63) is 35.9 Å². The van der Waals surface area contributed by atoms with Gasteiger partial charge in [0.15, 0.2) is 0 Å². The fourth-order valence-electron chi connectivity index (χ4n) is 4.04. The Morgan fingerprint density at radius 2 is 1.44 bits per heavy atom. The Labute approximate surface area is 228 Å². The van der Waals surface area contributed by atoms with Crippen molar-refractivity contribution in [2.75, 3.05) is 23.9 Å². The van der Waals surface area contributed by atoms with Crippen LogP contribution in [0.25, 0.3) is 0 Å². The van der Waals surface area contributed by atoms with Gasteiger partial charge in [0.1, 0.15) is 0 Å². The molecular weight excluding hydrogens is 511 g/mol. The Morgan fingerprint density at radius 3 is 2.06 bits per heavy atom. The van der Waals surface area contributed by atoms with E-state index in [1.165, 1.54) is 64.2 Å². The first-order valence-corrected chi connectivity index (χ1v) is 18.3. The first-order chi connectivity index (χ1) is 17.6. The van der Waals surface area contributed by atoms with E-state index in [2.05, 4.69) is 30.9 Å². The Kier molecular flexibility index (Phi) is 21.0. The number of unbranched alkanes of at least 4 members (excludes halogenated alkanes) is 10. The van der Waals surface area contributed by atoms with Crippen LogP contribution in [0.4, 0.5) is 4.79 Å². The van der Waals surface area contributed by atoms with E-state index in [0.717, 1.165) is 47.7 Å². The molecule has 0 heterocycles. The summed E-state index contributed by atoms with van der Waals surface area (Å²) in [6, 6.07) is 10.1. The van der Waals surface area contributed by atoms with E-state index >= 15 is 0 Å². The van der Waals surface area contributed by atoms with Crippen LogP contribution in [0.1, 0.15) is 115 Å². The van der Waals surface area contributed by atoms with Gasteiger partial charge in [-0.05, 0) is 42.2 Å². The maximum absolute atomic E-state index is 13.2. The molecule has 0 amide bonds. The maximum Gasteiger partial charge on any atom is 0.434 e. The van der Waals surface area contributed by atoms with Gasteiger partial charge in [-0.1, -0.05) is 126 Å². The molecule has 0 aliphatic rings. The minimum Gasteiger partial charge on any atom is -0.313 e. The number of benzene rings is 1. The summed E-state index contributed by atoms with van der Waals surface area (Å²) in [6.45, 7) is 0.808. The minimum atomic E-state index is -3.81. The van der Waals surface area contributed by atoms with Crippen LogP contribution in [0.3, 0.4) is 0 Å². The molecule has 1 aromatic carbocycles. The molecule has 0 spiro atoms. The third-order valence-electron chi connectivity index (χ3n) is 6.26. The Hall–Kier alpha value is -0.460. The number of hydrogen-bond acceptors (Lipinski definition) is 7. The zero-order valence-electron chi connectivity index (χ0n) is 22.5. The van der Waals surface area contributed by atoms with Crippen LogP contribution in [0.2, 0.25) is 0 Å². The van der Waals surface area contributed by atoms with Gasteiger partial charge < -0.3 is 4.52 Å². The van der Waals surface area contributed by atoms with Crippen LogP contribution in [-0.4, -0.2) is 34.8 Å². The van der Waals surface area contributed by atoms with Crippen molar-refractivity contribution in [2.45, 2.75) is 110 Å². The lowest BCUT2D eigenvalue weighted by Crippen LogP contribution is -2.07. The molecule has 0 bridgehead atoms. The second-order valence-corrected chi connectivity index (χ2v) is 15.0. The molecule has 1 N–H and O–H groups in total. The number of carbonyl (C=O) groups is 1. The van der Waals surface area contributed by atoms with Crippen LogP contribution >= 0.6 is 29.7 Å². The van der Waals surface area contributed by atoms with Gasteiger partial charge in [0, 0.05) is 5.75 Å². The van der Waals surface area contributed by atoms with E-state index < -0.39 is 12.3 Å². The zero-order chi connectivity index (χ0) is 26.3. The predicted octanol–water partition coefficient (Wildman–Crippen LogP) is 10.6. The highest BCUT2D eigenvalue weighted by Gasteiger charge is 2.37. The van der Waals surface area contributed by atoms with Crippen LogP contribution in [0.5, 0.6) is 0 Å². The molecule has 2 atom stereocenters. The molecular formula is C28H49O5PS2. The summed E-state index contributed by atoms with van der Waals surface area (Å²) >= 11 is 2.87. The summed E-state index contributed by atoms with van der Waals surface area (Å²) in [5.74, 6) is 2.66. The summed E-state index contributed by atoms with van der Waals surface area (Å²) in [5, 5.41) is 8.90. The highest BCUT2D eigenvalue weighted by molar-refractivity contribution is 8.61. The normalized spacial score (nSPS) is 13.9. The van der Waals surface area contributed by atoms with Crippen molar-refractivity contribution in [1.82, 2.24) is 0 Å². The number of hydrogen-bond donors (Lipinski definition) is 1. The Balaban J connectivity index is 2.25. The van der Waals surface area contributed by atoms with E-state index in [0.29, 0.717) is 12.2 Å². The standard InChI is InChI=1S/C28H49O5PS2/c1-3-5-7-8-9-10-11-12-13-17-23-35-24-18-22-32-34(31,28(29)33-30)36-25-27(19-6-4-2)26-20-15-14-16-21-26/h14-16,20-21,27,30H,3-13,17-19,22-25H2,1-2H3. The topological polar surface area (TPSA) is 72.8 Å². The van der Waals surface area contributed by atoms with Crippen molar-refractivity contribution >= 4 is 35.4 Å². The molecule has 0 aliphatic heterocycles. The number of rotatable bonds is 24. The molecule has 0 fully saturated rings. The second kappa shape index (κ2) is 22.5. The van der Waals surface area contributed by atoms with Crippen molar-refractivity contribution in [3.63, 3.8) is 0 Å². The van der Waals surface area contributed by atoms with Crippen LogP contribution in [-0.2, 0) is 14.0 Å². The van der Waals surface area contributed by atoms with Gasteiger partial charge in [-0.15, -0.1) is 0 Å². The lowest BCUT2D eigenvalue weighted by molar-refractivity contribution is -0.168. The van der Waals surface area contributed by atoms with Crippen molar-refractivity contribution in [2.24, 2.45) is 0 Å². The molecule has 0 aromatic heterocycles. The van der Waals surface area contributed by atoms with Crippen molar-refractivity contribution < 1.29 is 24.0 Å². The van der Waals surface area contributed by atoms with Gasteiger partial charge in [0.2, 0.25) is 0 Å². The van der Waals surface area contributed by atoms with Crippen molar-refractivity contribution in [3.8, 4) is 0 Å². The molecule has 0 radical (unpaired) electrons. The monoisotopic (exact) mass is 560 g/mol. The first-order valence-electron chi connectivity index (χ1n) is 13.9. The van der Waals surface area contributed by atoms with Gasteiger partial charge in [-0.3, -0.25) is 9.45 Å². The van der Waals surface area contributed by atoms with Crippen molar-refractivity contribution in [1.29, 1.82) is 0 Å². The largest absolute Gasteiger partial charge is 0.434 e. The van der Waals surface area contributed by atoms with E-state index in [1.54, 1.807) is 0 Å². The summed E-state index contributed by atoms with van der Waals surface area (Å²) in [6.07, 6.45) is 17.2. The molecule has 2 unspecified atom stereocenters. The fourth-order valence-corrected chi connectivity index (χ4v) is 8.46. The number of thioether (sulfide) groups is 1. The van der Waals surface area contributed by atoms with E-state index in [1.807, 2.05) is 30.0 Å². The molecule has 1 rings (SSSR count). The predicted molar refractivity (Wildman–Crippen MR) is 158 cm³/mol. The van der Waals surface area contributed by atoms with Gasteiger partial charge in [-0.2, -0.15) is 17.0 Å². The third kappa shape index (κ3) is 15.7. The molecule has 208 valence electrons. The first kappa shape index (κ1) is 33.6. The van der Waals surface area contributed by atoms with Crippen LogP contribution in [0, 0.1) is 0 Å². The van der Waals surface area contributed by atoms with E-state index in [9.17, 15) is 9.36 Å². The Bertz CT molecular complexity index is 704. The number of carbonyl (C=O) groups excluding carboxylic acids is 1.